The predicted molar refractivity (Wildman–Crippen MR) is 72.7 cm³/mol. The summed E-state index contributed by atoms with van der Waals surface area (Å²) in [6, 6.07) is 0. The van der Waals surface area contributed by atoms with Gasteiger partial charge in [-0.25, -0.2) is 15.8 Å². The normalized spacial score (nSPS) is 18.1. The Morgan fingerprint density at radius 3 is 2.63 bits per heavy atom. The first-order valence-corrected chi connectivity index (χ1v) is 6.52. The number of rotatable bonds is 5. The van der Waals surface area contributed by atoms with Gasteiger partial charge in [0.25, 0.3) is 0 Å². The predicted octanol–water partition coefficient (Wildman–Crippen LogP) is 0.278. The molecule has 1 saturated heterocycles. The molecular formula is C12H21N5O2. The van der Waals surface area contributed by atoms with Gasteiger partial charge in [0.1, 0.15) is 18.0 Å². The van der Waals surface area contributed by atoms with Crippen molar-refractivity contribution in [3.8, 4) is 0 Å². The average Bonchev–Trinajstić information content (AvgIpc) is 2.48. The average molecular weight is 267 g/mol. The number of nitrogens with zero attached hydrogens (tertiary/aromatic N) is 2. The van der Waals surface area contributed by atoms with Gasteiger partial charge in [-0.15, -0.1) is 0 Å². The highest BCUT2D eigenvalue weighted by Gasteiger charge is 2.33. The zero-order valence-corrected chi connectivity index (χ0v) is 11.1. The second-order valence-corrected chi connectivity index (χ2v) is 4.72. The Balaban J connectivity index is 2.26. The molecule has 0 aliphatic carbocycles. The van der Waals surface area contributed by atoms with Crippen LogP contribution in [0.15, 0.2) is 6.33 Å². The quantitative estimate of drug-likeness (QED) is 0.448. The minimum Gasteiger partial charge on any atom is -0.394 e. The summed E-state index contributed by atoms with van der Waals surface area (Å²) in [5.41, 5.74) is 3.12. The molecule has 1 aliphatic rings. The van der Waals surface area contributed by atoms with Crippen molar-refractivity contribution < 1.29 is 9.84 Å². The number of aliphatic hydroxyl groups is 1. The molecule has 2 rings (SSSR count). The lowest BCUT2D eigenvalue weighted by molar-refractivity contribution is 0.0378. The van der Waals surface area contributed by atoms with Crippen molar-refractivity contribution in [3.05, 3.63) is 11.9 Å². The summed E-state index contributed by atoms with van der Waals surface area (Å²) in [6.07, 6.45) is 3.71. The smallest absolute Gasteiger partial charge is 0.148 e. The lowest BCUT2D eigenvalue weighted by atomic mass is 9.90. The van der Waals surface area contributed by atoms with Gasteiger partial charge < -0.3 is 20.6 Å². The molecule has 0 atom stereocenters. The number of hydrogen-bond acceptors (Lipinski definition) is 7. The Kier molecular flexibility index (Phi) is 4.52. The largest absolute Gasteiger partial charge is 0.394 e. The van der Waals surface area contributed by atoms with E-state index in [0.29, 0.717) is 19.0 Å². The Morgan fingerprint density at radius 2 is 2.05 bits per heavy atom. The number of nitrogen functional groups attached to an aromatic ring is 1. The molecule has 0 amide bonds. The molecule has 7 nitrogen and oxygen atoms in total. The lowest BCUT2D eigenvalue weighted by Gasteiger charge is -2.37. The van der Waals surface area contributed by atoms with Crippen molar-refractivity contribution in [2.24, 2.45) is 5.84 Å². The second kappa shape index (κ2) is 6.14. The molecule has 106 valence electrons. The van der Waals surface area contributed by atoms with Crippen LogP contribution in [0.3, 0.4) is 0 Å². The molecule has 0 aromatic carbocycles. The molecule has 0 spiro atoms. The third kappa shape index (κ3) is 2.94. The molecule has 1 aromatic rings. The van der Waals surface area contributed by atoms with Crippen LogP contribution >= 0.6 is 0 Å². The van der Waals surface area contributed by atoms with E-state index in [2.05, 4.69) is 20.7 Å². The van der Waals surface area contributed by atoms with Gasteiger partial charge in [0.05, 0.1) is 12.1 Å². The van der Waals surface area contributed by atoms with Gasteiger partial charge in [-0.3, -0.25) is 0 Å². The third-order valence-corrected chi connectivity index (χ3v) is 3.57. The number of hydrogen-bond donors (Lipinski definition) is 4. The zero-order valence-electron chi connectivity index (χ0n) is 11.1. The van der Waals surface area contributed by atoms with Crippen LogP contribution in [0.2, 0.25) is 0 Å². The molecule has 1 aliphatic heterocycles. The van der Waals surface area contributed by atoms with Crippen molar-refractivity contribution in [1.29, 1.82) is 0 Å². The first-order valence-electron chi connectivity index (χ1n) is 6.52. The van der Waals surface area contributed by atoms with Crippen molar-refractivity contribution in [2.45, 2.75) is 31.7 Å². The summed E-state index contributed by atoms with van der Waals surface area (Å²) in [5.74, 6) is 6.79. The van der Waals surface area contributed by atoms with Crippen LogP contribution in [0.25, 0.3) is 0 Å². The van der Waals surface area contributed by atoms with Gasteiger partial charge in [0, 0.05) is 18.8 Å². The summed E-state index contributed by atoms with van der Waals surface area (Å²) in [7, 11) is 0. The molecular weight excluding hydrogens is 246 g/mol. The van der Waals surface area contributed by atoms with Crippen molar-refractivity contribution in [3.63, 3.8) is 0 Å². The van der Waals surface area contributed by atoms with E-state index in [4.69, 9.17) is 10.6 Å². The maximum absolute atomic E-state index is 9.69. The van der Waals surface area contributed by atoms with Gasteiger partial charge in [-0.2, -0.15) is 0 Å². The van der Waals surface area contributed by atoms with E-state index >= 15 is 0 Å². The number of anilines is 2. The SMILES string of the molecule is CCc1c(NN)ncnc1NC1(CO)CCOCC1. The number of aliphatic hydroxyl groups excluding tert-OH is 1. The molecule has 1 fully saturated rings. The fraction of sp³-hybridized carbons (Fsp3) is 0.667. The van der Waals surface area contributed by atoms with Gasteiger partial charge >= 0.3 is 0 Å². The maximum atomic E-state index is 9.69. The van der Waals surface area contributed by atoms with Crippen molar-refractivity contribution in [2.75, 3.05) is 30.6 Å². The molecule has 0 saturated carbocycles. The van der Waals surface area contributed by atoms with Crippen molar-refractivity contribution in [1.82, 2.24) is 9.97 Å². The van der Waals surface area contributed by atoms with Crippen LogP contribution < -0.4 is 16.6 Å². The Labute approximate surface area is 112 Å². The number of hydrazine groups is 1. The van der Waals surface area contributed by atoms with Crippen LogP contribution in [0.4, 0.5) is 11.6 Å². The number of nitrogens with one attached hydrogen (secondary N) is 2. The van der Waals surface area contributed by atoms with E-state index < -0.39 is 0 Å². The maximum Gasteiger partial charge on any atom is 0.148 e. The molecule has 0 bridgehead atoms. The summed E-state index contributed by atoms with van der Waals surface area (Å²) < 4.78 is 5.35. The molecule has 19 heavy (non-hydrogen) atoms. The van der Waals surface area contributed by atoms with E-state index in [1.807, 2.05) is 6.92 Å². The summed E-state index contributed by atoms with van der Waals surface area (Å²) in [5, 5.41) is 13.1. The zero-order chi connectivity index (χ0) is 13.7. The molecule has 7 heteroatoms. The minimum absolute atomic E-state index is 0.0505. The van der Waals surface area contributed by atoms with Crippen LogP contribution in [0.1, 0.15) is 25.3 Å². The Morgan fingerprint density at radius 1 is 1.37 bits per heavy atom. The minimum atomic E-state index is -0.373. The summed E-state index contributed by atoms with van der Waals surface area (Å²) in [6.45, 7) is 3.35. The molecule has 1 aromatic heterocycles. The van der Waals surface area contributed by atoms with Crippen molar-refractivity contribution >= 4 is 11.6 Å². The van der Waals surface area contributed by atoms with E-state index in [1.54, 1.807) is 0 Å². The van der Waals surface area contributed by atoms with Gasteiger partial charge in [-0.1, -0.05) is 6.92 Å². The number of ether oxygens (including phenoxy) is 1. The van der Waals surface area contributed by atoms with Crippen LogP contribution in [0, 0.1) is 0 Å². The lowest BCUT2D eigenvalue weighted by Crippen LogP contribution is -2.47. The first kappa shape index (κ1) is 14.0. The van der Waals surface area contributed by atoms with E-state index in [9.17, 15) is 5.11 Å². The third-order valence-electron chi connectivity index (χ3n) is 3.57. The van der Waals surface area contributed by atoms with Crippen LogP contribution in [0.5, 0.6) is 0 Å². The van der Waals surface area contributed by atoms with Crippen LogP contribution in [-0.2, 0) is 11.2 Å². The van der Waals surface area contributed by atoms with Gasteiger partial charge in [-0.05, 0) is 19.3 Å². The van der Waals surface area contributed by atoms with E-state index in [-0.39, 0.29) is 12.1 Å². The van der Waals surface area contributed by atoms with E-state index in [0.717, 1.165) is 30.6 Å². The number of aromatic nitrogens is 2. The topological polar surface area (TPSA) is 105 Å². The summed E-state index contributed by atoms with van der Waals surface area (Å²) >= 11 is 0. The van der Waals surface area contributed by atoms with Gasteiger partial charge in [0.2, 0.25) is 0 Å². The molecule has 2 heterocycles. The standard InChI is InChI=1S/C12H21N5O2/c1-2-9-10(14-8-15-11(9)17-13)16-12(7-18)3-5-19-6-4-12/h8,18H,2-7,13H2,1H3,(H2,14,15,16,17). The molecule has 5 N–H and O–H groups in total. The van der Waals surface area contributed by atoms with Crippen LogP contribution in [-0.4, -0.2) is 40.4 Å². The fourth-order valence-corrected chi connectivity index (χ4v) is 2.32. The number of nitrogens with two attached hydrogens (primary N) is 1. The fourth-order valence-electron chi connectivity index (χ4n) is 2.32. The monoisotopic (exact) mass is 267 g/mol. The highest BCUT2D eigenvalue weighted by atomic mass is 16.5. The summed E-state index contributed by atoms with van der Waals surface area (Å²) in [4.78, 5) is 8.37. The van der Waals surface area contributed by atoms with Gasteiger partial charge in [0.15, 0.2) is 0 Å². The van der Waals surface area contributed by atoms with E-state index in [1.165, 1.54) is 6.33 Å². The molecule has 0 unspecified atom stereocenters. The first-order chi connectivity index (χ1) is 9.24. The Bertz CT molecular complexity index is 421. The highest BCUT2D eigenvalue weighted by Crippen LogP contribution is 2.28. The molecule has 0 radical (unpaired) electrons. The second-order valence-electron chi connectivity index (χ2n) is 4.72. The Hall–Kier alpha value is -1.44. The highest BCUT2D eigenvalue weighted by molar-refractivity contribution is 5.57.